The molecule has 1 fully saturated rings. The lowest BCUT2D eigenvalue weighted by molar-refractivity contribution is -0.0151. The van der Waals surface area contributed by atoms with Gasteiger partial charge in [-0.25, -0.2) is 4.98 Å². The molecule has 5 nitrogen and oxygen atoms in total. The summed E-state index contributed by atoms with van der Waals surface area (Å²) in [4.78, 5) is 7.41. The van der Waals surface area contributed by atoms with Crippen molar-refractivity contribution < 1.29 is 9.84 Å². The lowest BCUT2D eigenvalue weighted by Gasteiger charge is -2.40. The minimum atomic E-state index is -1.03. The Morgan fingerprint density at radius 1 is 1.15 bits per heavy atom. The number of ether oxygens (including phenoxy) is 1. The molecule has 3 aromatic rings. The molecule has 2 aromatic carbocycles. The van der Waals surface area contributed by atoms with Gasteiger partial charge in [0.15, 0.2) is 0 Å². The Morgan fingerprint density at radius 2 is 1.94 bits per heavy atom. The van der Waals surface area contributed by atoms with Crippen LogP contribution in [-0.4, -0.2) is 52.4 Å². The first-order valence-corrected chi connectivity index (χ1v) is 12.3. The van der Waals surface area contributed by atoms with E-state index in [1.54, 1.807) is 0 Å². The lowest BCUT2D eigenvalue weighted by atomic mass is 9.97. The Labute approximate surface area is 201 Å². The summed E-state index contributed by atoms with van der Waals surface area (Å²) in [6.07, 6.45) is 3.23. The van der Waals surface area contributed by atoms with Crippen LogP contribution in [0.5, 0.6) is 0 Å². The zero-order valence-electron chi connectivity index (χ0n) is 20.0. The molecule has 176 valence electrons. The number of imidazole rings is 1. The summed E-state index contributed by atoms with van der Waals surface area (Å²) in [6, 6.07) is 12.8. The smallest absolute Gasteiger partial charge is 0.141 e. The molecule has 2 aliphatic rings. The van der Waals surface area contributed by atoms with Crippen molar-refractivity contribution in [3.8, 4) is 0 Å². The van der Waals surface area contributed by atoms with E-state index in [0.717, 1.165) is 55.0 Å². The van der Waals surface area contributed by atoms with Crippen molar-refractivity contribution in [1.29, 1.82) is 0 Å². The number of methoxy groups -OCH3 is 1. The maximum Gasteiger partial charge on any atom is 0.141 e. The highest BCUT2D eigenvalue weighted by Crippen LogP contribution is 2.36. The van der Waals surface area contributed by atoms with Crippen LogP contribution in [-0.2, 0) is 23.2 Å². The van der Waals surface area contributed by atoms with Crippen LogP contribution in [0, 0.1) is 12.8 Å². The molecule has 3 atom stereocenters. The molecule has 1 N–H and O–H groups in total. The second-order valence-electron chi connectivity index (χ2n) is 10.4. The number of aryl methyl sites for hydroxylation is 1. The van der Waals surface area contributed by atoms with Gasteiger partial charge in [0, 0.05) is 31.8 Å². The number of nitrogens with zero attached hydrogens (tertiary/aromatic N) is 3. The number of hydrogen-bond acceptors (Lipinski definition) is 4. The molecule has 5 rings (SSSR count). The number of rotatable bonds is 5. The van der Waals surface area contributed by atoms with Crippen LogP contribution >= 0.6 is 11.6 Å². The SMILES string of the molecule is CO[C@H]1CN(C[C@@H]2Cc3ccc(Cl)cc3C2)CC[C@H]1n1c(C(C)(C)O)nc2cc(C)ccc21. The lowest BCUT2D eigenvalue weighted by Crippen LogP contribution is -2.47. The van der Waals surface area contributed by atoms with Crippen LogP contribution in [0.2, 0.25) is 5.02 Å². The predicted molar refractivity (Wildman–Crippen MR) is 133 cm³/mol. The fourth-order valence-electron chi connectivity index (χ4n) is 5.81. The summed E-state index contributed by atoms with van der Waals surface area (Å²) in [6.45, 7) is 8.67. The summed E-state index contributed by atoms with van der Waals surface area (Å²) < 4.78 is 8.29. The monoisotopic (exact) mass is 467 g/mol. The van der Waals surface area contributed by atoms with E-state index in [1.807, 2.05) is 27.0 Å². The third-order valence-electron chi connectivity index (χ3n) is 7.34. The van der Waals surface area contributed by atoms with E-state index in [9.17, 15) is 5.11 Å². The summed E-state index contributed by atoms with van der Waals surface area (Å²) in [7, 11) is 1.81. The summed E-state index contributed by atoms with van der Waals surface area (Å²) in [5.41, 5.74) is 5.00. The molecule has 0 spiro atoms. The maximum absolute atomic E-state index is 10.9. The number of piperidine rings is 1. The predicted octanol–water partition coefficient (Wildman–Crippen LogP) is 4.90. The zero-order valence-corrected chi connectivity index (χ0v) is 20.8. The highest BCUT2D eigenvalue weighted by Gasteiger charge is 2.37. The van der Waals surface area contributed by atoms with Gasteiger partial charge in [-0.2, -0.15) is 0 Å². The molecule has 0 bridgehead atoms. The van der Waals surface area contributed by atoms with Crippen LogP contribution in [0.25, 0.3) is 11.0 Å². The summed E-state index contributed by atoms with van der Waals surface area (Å²) in [5.74, 6) is 1.34. The van der Waals surface area contributed by atoms with Gasteiger partial charge in [-0.05, 0) is 86.9 Å². The minimum Gasteiger partial charge on any atom is -0.383 e. The third kappa shape index (κ3) is 4.44. The second-order valence-corrected chi connectivity index (χ2v) is 10.9. The molecule has 6 heteroatoms. The molecule has 0 amide bonds. The van der Waals surface area contributed by atoms with Gasteiger partial charge in [0.25, 0.3) is 0 Å². The Kier molecular flexibility index (Phi) is 6.02. The molecule has 1 saturated heterocycles. The molecule has 0 saturated carbocycles. The molecule has 0 radical (unpaired) electrons. The number of fused-ring (bicyclic) bond motifs is 2. The van der Waals surface area contributed by atoms with Gasteiger partial charge in [0.05, 0.1) is 23.2 Å². The minimum absolute atomic E-state index is 0.0387. The van der Waals surface area contributed by atoms with E-state index >= 15 is 0 Å². The Balaban J connectivity index is 1.36. The number of halogens is 1. The molecule has 1 aliphatic carbocycles. The van der Waals surface area contributed by atoms with Gasteiger partial charge in [-0.3, -0.25) is 0 Å². The van der Waals surface area contributed by atoms with Crippen LogP contribution in [0.1, 0.15) is 48.8 Å². The van der Waals surface area contributed by atoms with E-state index in [0.29, 0.717) is 11.7 Å². The first-order chi connectivity index (χ1) is 15.7. The van der Waals surface area contributed by atoms with Crippen LogP contribution in [0.3, 0.4) is 0 Å². The second kappa shape index (κ2) is 8.70. The average Bonchev–Trinajstić information content (AvgIpc) is 3.33. The first-order valence-electron chi connectivity index (χ1n) is 12.0. The van der Waals surface area contributed by atoms with Crippen LogP contribution in [0.4, 0.5) is 0 Å². The van der Waals surface area contributed by atoms with E-state index in [4.69, 9.17) is 21.3 Å². The van der Waals surface area contributed by atoms with Crippen LogP contribution < -0.4 is 0 Å². The molecule has 1 aromatic heterocycles. The van der Waals surface area contributed by atoms with Crippen molar-refractivity contribution in [2.45, 2.75) is 57.8 Å². The van der Waals surface area contributed by atoms with E-state index in [-0.39, 0.29) is 12.1 Å². The maximum atomic E-state index is 10.9. The number of hydrogen-bond donors (Lipinski definition) is 1. The highest BCUT2D eigenvalue weighted by molar-refractivity contribution is 6.30. The van der Waals surface area contributed by atoms with Crippen LogP contribution in [0.15, 0.2) is 36.4 Å². The number of likely N-dealkylation sites (tertiary alicyclic amines) is 1. The molecular weight excluding hydrogens is 434 g/mol. The van der Waals surface area contributed by atoms with Crippen molar-refractivity contribution in [3.63, 3.8) is 0 Å². The number of benzene rings is 2. The molecule has 0 unspecified atom stereocenters. The quantitative estimate of drug-likeness (QED) is 0.579. The zero-order chi connectivity index (χ0) is 23.3. The summed E-state index contributed by atoms with van der Waals surface area (Å²) >= 11 is 6.21. The Hall–Kier alpha value is -1.92. The van der Waals surface area contributed by atoms with Crippen molar-refractivity contribution in [1.82, 2.24) is 14.5 Å². The topological polar surface area (TPSA) is 50.5 Å². The van der Waals surface area contributed by atoms with Gasteiger partial charge in [-0.1, -0.05) is 23.7 Å². The van der Waals surface area contributed by atoms with E-state index in [1.165, 1.54) is 16.7 Å². The van der Waals surface area contributed by atoms with Crippen molar-refractivity contribution in [2.24, 2.45) is 5.92 Å². The normalized spacial score (nSPS) is 23.9. The fraction of sp³-hybridized carbons (Fsp3) is 0.519. The molecule has 33 heavy (non-hydrogen) atoms. The van der Waals surface area contributed by atoms with E-state index in [2.05, 4.69) is 46.7 Å². The average molecular weight is 468 g/mol. The third-order valence-corrected chi connectivity index (χ3v) is 7.57. The Bertz CT molecular complexity index is 1170. The standard InChI is InChI=1S/C27H34ClN3O2/c1-17-5-8-23-22(11-17)29-26(27(2,3)32)31(23)24-9-10-30(16-25(24)33-4)15-18-12-19-6-7-21(28)14-20(19)13-18/h5-8,11,14,18,24-25,32H,9-10,12-13,15-16H2,1-4H3/t18-,24-,25+/m1/s1. The molecule has 1 aliphatic heterocycles. The van der Waals surface area contributed by atoms with Gasteiger partial charge >= 0.3 is 0 Å². The fourth-order valence-corrected chi connectivity index (χ4v) is 6.00. The van der Waals surface area contributed by atoms with Gasteiger partial charge in [-0.15, -0.1) is 0 Å². The van der Waals surface area contributed by atoms with Gasteiger partial charge < -0.3 is 19.3 Å². The Morgan fingerprint density at radius 3 is 2.70 bits per heavy atom. The first kappa shape index (κ1) is 22.9. The van der Waals surface area contributed by atoms with Gasteiger partial charge in [0.1, 0.15) is 11.4 Å². The molecular formula is C27H34ClN3O2. The van der Waals surface area contributed by atoms with Crippen molar-refractivity contribution >= 4 is 22.6 Å². The largest absolute Gasteiger partial charge is 0.383 e. The van der Waals surface area contributed by atoms with Gasteiger partial charge in [0.2, 0.25) is 0 Å². The highest BCUT2D eigenvalue weighted by atomic mass is 35.5. The van der Waals surface area contributed by atoms with Crippen molar-refractivity contribution in [2.75, 3.05) is 26.7 Å². The molecule has 2 heterocycles. The number of aliphatic hydroxyl groups is 1. The summed E-state index contributed by atoms with van der Waals surface area (Å²) in [5, 5.41) is 11.8. The number of aromatic nitrogens is 2. The van der Waals surface area contributed by atoms with Crippen molar-refractivity contribution in [3.05, 3.63) is 63.9 Å². The van der Waals surface area contributed by atoms with E-state index < -0.39 is 5.60 Å².